The minimum absolute atomic E-state index is 0.0648. The molecule has 41 heavy (non-hydrogen) atoms. The maximum absolute atomic E-state index is 14.3. The zero-order chi connectivity index (χ0) is 29.6. The highest BCUT2D eigenvalue weighted by Crippen LogP contribution is 2.37. The lowest BCUT2D eigenvalue weighted by Crippen LogP contribution is -2.53. The molecule has 0 bridgehead atoms. The van der Waals surface area contributed by atoms with Crippen LogP contribution in [0, 0.1) is 18.6 Å². The van der Waals surface area contributed by atoms with Gasteiger partial charge in [-0.3, -0.25) is 4.79 Å². The smallest absolute Gasteiger partial charge is 0.433 e. The molecule has 0 N–H and O–H groups in total. The first-order chi connectivity index (χ1) is 19.4. The van der Waals surface area contributed by atoms with Crippen molar-refractivity contribution in [2.75, 3.05) is 26.7 Å². The largest absolute Gasteiger partial charge is 0.497 e. The normalized spacial score (nSPS) is 15.9. The van der Waals surface area contributed by atoms with Gasteiger partial charge in [0, 0.05) is 48.1 Å². The van der Waals surface area contributed by atoms with Crippen molar-refractivity contribution in [3.05, 3.63) is 89.3 Å². The number of nitrogens with zero attached hydrogens (tertiary/aromatic N) is 5. The Morgan fingerprint density at radius 1 is 1.07 bits per heavy atom. The number of carbonyl (C=O) groups is 1. The van der Waals surface area contributed by atoms with Crippen LogP contribution in [0.4, 0.5) is 22.0 Å². The molecular weight excluding hydrogens is 545 g/mol. The Morgan fingerprint density at radius 3 is 2.39 bits per heavy atom. The van der Waals surface area contributed by atoms with Gasteiger partial charge in [-0.05, 0) is 56.3 Å². The van der Waals surface area contributed by atoms with Gasteiger partial charge in [-0.15, -0.1) is 0 Å². The third-order valence-electron chi connectivity index (χ3n) is 7.27. The minimum Gasteiger partial charge on any atom is -0.497 e. The first-order valence-electron chi connectivity index (χ1n) is 12.7. The van der Waals surface area contributed by atoms with E-state index in [0.717, 1.165) is 18.3 Å². The highest BCUT2D eigenvalue weighted by atomic mass is 19.4. The summed E-state index contributed by atoms with van der Waals surface area (Å²) in [5.41, 5.74) is -0.0530. The molecule has 5 rings (SSSR count). The number of amides is 1. The number of rotatable bonds is 5. The summed E-state index contributed by atoms with van der Waals surface area (Å²) in [4.78, 5) is 21.6. The van der Waals surface area contributed by atoms with Gasteiger partial charge in [0.05, 0.1) is 19.0 Å². The Balaban J connectivity index is 1.48. The van der Waals surface area contributed by atoms with Gasteiger partial charge in [0.25, 0.3) is 5.91 Å². The zero-order valence-electron chi connectivity index (χ0n) is 22.5. The second-order valence-electron chi connectivity index (χ2n) is 9.82. The molecule has 7 nitrogen and oxygen atoms in total. The number of hydrogen-bond donors (Lipinski definition) is 0. The summed E-state index contributed by atoms with van der Waals surface area (Å²) in [6.07, 6.45) is -3.66. The summed E-state index contributed by atoms with van der Waals surface area (Å²) in [5.74, 6) is -1.94. The highest BCUT2D eigenvalue weighted by Gasteiger charge is 2.39. The third kappa shape index (κ3) is 5.09. The maximum atomic E-state index is 14.3. The summed E-state index contributed by atoms with van der Waals surface area (Å²) in [6, 6.07) is 9.56. The molecule has 0 aliphatic carbocycles. The summed E-state index contributed by atoms with van der Waals surface area (Å²) in [5, 5.41) is 3.92. The summed E-state index contributed by atoms with van der Waals surface area (Å²) in [6.45, 7) is 7.96. The van der Waals surface area contributed by atoms with Crippen LogP contribution in [0.1, 0.15) is 34.1 Å². The van der Waals surface area contributed by atoms with Crippen LogP contribution in [0.25, 0.3) is 22.6 Å². The van der Waals surface area contributed by atoms with Crippen LogP contribution in [-0.4, -0.2) is 63.1 Å². The number of ether oxygens (including phenoxy) is 1. The average molecular weight is 572 g/mol. The molecule has 1 amide bonds. The van der Waals surface area contributed by atoms with Crippen molar-refractivity contribution in [2.45, 2.75) is 26.1 Å². The lowest BCUT2D eigenvalue weighted by molar-refractivity contribution is -0.143. The first-order valence-corrected chi connectivity index (χ1v) is 12.7. The molecule has 1 saturated heterocycles. The molecule has 0 spiro atoms. The molecule has 2 aromatic carbocycles. The van der Waals surface area contributed by atoms with Crippen molar-refractivity contribution >= 4 is 17.3 Å². The highest BCUT2D eigenvalue weighted by molar-refractivity contribution is 6.00. The van der Waals surface area contributed by atoms with Gasteiger partial charge < -0.3 is 14.5 Å². The molecule has 2 aromatic heterocycles. The molecule has 4 aromatic rings. The van der Waals surface area contributed by atoms with E-state index >= 15 is 0 Å². The number of methoxy groups -OCH3 is 1. The summed E-state index contributed by atoms with van der Waals surface area (Å²) < 4.78 is 75.7. The van der Waals surface area contributed by atoms with Crippen LogP contribution >= 0.6 is 0 Å². The van der Waals surface area contributed by atoms with Crippen molar-refractivity contribution in [3.63, 3.8) is 0 Å². The fourth-order valence-corrected chi connectivity index (χ4v) is 5.10. The Hall–Kier alpha value is -4.48. The fraction of sp³-hybridized carbons (Fsp3) is 0.276. The maximum Gasteiger partial charge on any atom is 0.433 e. The van der Waals surface area contributed by atoms with Crippen LogP contribution in [-0.2, 0) is 6.18 Å². The van der Waals surface area contributed by atoms with E-state index in [1.165, 1.54) is 25.0 Å². The number of piperazine rings is 1. The van der Waals surface area contributed by atoms with Crippen molar-refractivity contribution in [1.82, 2.24) is 24.4 Å². The summed E-state index contributed by atoms with van der Waals surface area (Å²) >= 11 is 0. The molecule has 0 radical (unpaired) electrons. The van der Waals surface area contributed by atoms with Crippen molar-refractivity contribution in [3.8, 4) is 17.0 Å². The summed E-state index contributed by atoms with van der Waals surface area (Å²) in [7, 11) is 1.48. The lowest BCUT2D eigenvalue weighted by atomic mass is 10.0. The van der Waals surface area contributed by atoms with Crippen LogP contribution in [0.3, 0.4) is 0 Å². The second-order valence-corrected chi connectivity index (χ2v) is 9.82. The topological polar surface area (TPSA) is 63.0 Å². The molecule has 214 valence electrons. The van der Waals surface area contributed by atoms with Crippen LogP contribution in [0.15, 0.2) is 55.2 Å². The molecule has 0 saturated carbocycles. The number of carbonyl (C=O) groups excluding carboxylic acids is 1. The van der Waals surface area contributed by atoms with Gasteiger partial charge in [0.1, 0.15) is 11.3 Å². The SMILES string of the molecule is C=C(c1ccc(F)c(F)c1)N1CCN(C(=O)c2cnn3c(C(F)(F)F)c(C)c(-c4ccc(OC)cc4)nc23)[C@H](C)C1. The van der Waals surface area contributed by atoms with Crippen LogP contribution < -0.4 is 4.74 Å². The zero-order valence-corrected chi connectivity index (χ0v) is 22.5. The first kappa shape index (κ1) is 28.1. The molecule has 1 aliphatic rings. The molecule has 12 heteroatoms. The Bertz CT molecular complexity index is 1650. The monoisotopic (exact) mass is 571 g/mol. The minimum atomic E-state index is -4.77. The number of aromatic nitrogens is 3. The van der Waals surface area contributed by atoms with Crippen LogP contribution in [0.5, 0.6) is 5.75 Å². The van der Waals surface area contributed by atoms with E-state index in [0.29, 0.717) is 40.2 Å². The van der Waals surface area contributed by atoms with E-state index in [1.807, 2.05) is 4.90 Å². The number of halogens is 5. The quantitative estimate of drug-likeness (QED) is 0.282. The van der Waals surface area contributed by atoms with Gasteiger partial charge in [-0.1, -0.05) is 6.58 Å². The Morgan fingerprint density at radius 2 is 1.78 bits per heavy atom. The standard InChI is InChI=1S/C29H26F5N5O2/c1-16-15-37(18(3)20-7-10-23(30)24(31)13-20)11-12-38(16)28(40)22-14-35-39-26(29(32,33)34)17(2)25(36-27(22)39)19-5-8-21(41-4)9-6-19/h5-10,13-14,16H,3,11-12,15H2,1-2,4H3/t16-/m1/s1. The lowest BCUT2D eigenvalue weighted by Gasteiger charge is -2.41. The van der Waals surface area contributed by atoms with Gasteiger partial charge in [-0.25, -0.2) is 18.3 Å². The number of alkyl halides is 3. The third-order valence-corrected chi connectivity index (χ3v) is 7.27. The molecule has 3 heterocycles. The fourth-order valence-electron chi connectivity index (χ4n) is 5.10. The van der Waals surface area contributed by atoms with E-state index < -0.39 is 29.4 Å². The van der Waals surface area contributed by atoms with Gasteiger partial charge >= 0.3 is 6.18 Å². The van der Waals surface area contributed by atoms with Crippen molar-refractivity contribution in [1.29, 1.82) is 0 Å². The van der Waals surface area contributed by atoms with Gasteiger partial charge in [-0.2, -0.15) is 18.3 Å². The Labute approximate surface area is 232 Å². The number of fused-ring (bicyclic) bond motifs is 1. The van der Waals surface area contributed by atoms with E-state index in [9.17, 15) is 26.7 Å². The predicted octanol–water partition coefficient (Wildman–Crippen LogP) is 5.83. The van der Waals surface area contributed by atoms with E-state index in [4.69, 9.17) is 4.74 Å². The number of hydrogen-bond acceptors (Lipinski definition) is 5. The predicted molar refractivity (Wildman–Crippen MR) is 142 cm³/mol. The van der Waals surface area contributed by atoms with Crippen molar-refractivity contribution in [2.24, 2.45) is 0 Å². The average Bonchev–Trinajstić information content (AvgIpc) is 3.35. The van der Waals surface area contributed by atoms with Crippen LogP contribution in [0.2, 0.25) is 0 Å². The molecule has 1 fully saturated rings. The number of benzene rings is 2. The van der Waals surface area contributed by atoms with Crippen molar-refractivity contribution < 1.29 is 31.5 Å². The molecular formula is C29H26F5N5O2. The van der Waals surface area contributed by atoms with E-state index in [-0.39, 0.29) is 35.1 Å². The van der Waals surface area contributed by atoms with E-state index in [1.54, 1.807) is 31.2 Å². The molecule has 1 atom stereocenters. The van der Waals surface area contributed by atoms with Gasteiger partial charge in [0.15, 0.2) is 23.0 Å². The second kappa shape index (κ2) is 10.5. The van der Waals surface area contributed by atoms with Gasteiger partial charge in [0.2, 0.25) is 0 Å². The van der Waals surface area contributed by atoms with E-state index in [2.05, 4.69) is 16.7 Å². The molecule has 1 aliphatic heterocycles. The Kier molecular flexibility index (Phi) is 7.18. The molecule has 0 unspecified atom stereocenters.